The predicted molar refractivity (Wildman–Crippen MR) is 207 cm³/mol. The number of fused-ring (bicyclic) bond motifs is 6. The molecule has 0 aliphatic heterocycles. The van der Waals surface area contributed by atoms with Gasteiger partial charge in [-0.1, -0.05) is 127 Å². The molecule has 0 aliphatic rings. The zero-order valence-corrected chi connectivity index (χ0v) is 27.1. The van der Waals surface area contributed by atoms with Crippen molar-refractivity contribution < 1.29 is 0 Å². The Morgan fingerprint density at radius 1 is 0.340 bits per heavy atom. The van der Waals surface area contributed by atoms with Crippen LogP contribution in [0.3, 0.4) is 0 Å². The van der Waals surface area contributed by atoms with Gasteiger partial charge in [0.1, 0.15) is 5.52 Å². The van der Waals surface area contributed by atoms with Gasteiger partial charge in [-0.2, -0.15) is 0 Å². The fraction of sp³-hybridized carbons (Fsp3) is 0. The van der Waals surface area contributed by atoms with Crippen LogP contribution in [0.4, 0.5) is 0 Å². The minimum atomic E-state index is 0.705. The van der Waals surface area contributed by atoms with Crippen LogP contribution in [0.5, 0.6) is 0 Å². The summed E-state index contributed by atoms with van der Waals surface area (Å²) >= 11 is 0. The summed E-state index contributed by atoms with van der Waals surface area (Å²) in [4.78, 5) is 10.7. The molecule has 234 valence electrons. The number of hydrogen-bond acceptors (Lipinski definition) is 2. The van der Waals surface area contributed by atoms with Gasteiger partial charge in [-0.25, -0.2) is 9.97 Å². The Morgan fingerprint density at radius 3 is 1.62 bits per heavy atom. The van der Waals surface area contributed by atoms with Gasteiger partial charge in [0.15, 0.2) is 5.82 Å². The smallest absolute Gasteiger partial charge is 0.160 e. The second-order valence-electron chi connectivity index (χ2n) is 12.6. The van der Waals surface area contributed by atoms with Gasteiger partial charge in [0.05, 0.1) is 27.8 Å². The SMILES string of the molecule is c1ccc(-c2nc(-c3cccc(-c4ccc5c(c4)c4ccccc4n5-c4ccccc4)c3)nc3c4ccccc4n(-c4ccccc4)c23)cc1. The third-order valence-corrected chi connectivity index (χ3v) is 9.71. The second kappa shape index (κ2) is 11.4. The molecule has 10 rings (SSSR count). The molecule has 0 fully saturated rings. The average Bonchev–Trinajstić information content (AvgIpc) is 3.71. The standard InChI is InChI=1S/C46H30N4/c1-4-15-31(16-5-1)43-45-44(38-24-11-13-26-41(38)50(45)36-21-8-3-9-22-36)48-46(47-43)34-18-14-17-32(29-34)33-27-28-42-39(30-33)37-23-10-12-25-40(37)49(42)35-19-6-2-7-20-35/h1-30H. The molecule has 0 bridgehead atoms. The van der Waals surface area contributed by atoms with Crippen LogP contribution in [0.2, 0.25) is 0 Å². The van der Waals surface area contributed by atoms with Crippen LogP contribution in [0, 0.1) is 0 Å². The minimum Gasteiger partial charge on any atom is -0.309 e. The highest BCUT2D eigenvalue weighted by atomic mass is 15.0. The summed E-state index contributed by atoms with van der Waals surface area (Å²) in [5.74, 6) is 0.705. The highest BCUT2D eigenvalue weighted by Gasteiger charge is 2.21. The Labute approximate surface area is 289 Å². The highest BCUT2D eigenvalue weighted by Crippen LogP contribution is 2.39. The first-order valence-corrected chi connectivity index (χ1v) is 16.9. The summed E-state index contributed by atoms with van der Waals surface area (Å²) in [5.41, 5.74) is 12.9. The van der Waals surface area contributed by atoms with E-state index < -0.39 is 0 Å². The molecule has 0 aliphatic carbocycles. The van der Waals surface area contributed by atoms with Gasteiger partial charge >= 0.3 is 0 Å². The summed E-state index contributed by atoms with van der Waals surface area (Å²) in [6, 6.07) is 64.2. The van der Waals surface area contributed by atoms with Gasteiger partial charge in [-0.15, -0.1) is 0 Å². The first-order valence-electron chi connectivity index (χ1n) is 16.9. The zero-order chi connectivity index (χ0) is 33.0. The third-order valence-electron chi connectivity index (χ3n) is 9.71. The third kappa shape index (κ3) is 4.46. The van der Waals surface area contributed by atoms with Crippen molar-refractivity contribution in [2.24, 2.45) is 0 Å². The molecule has 4 heteroatoms. The van der Waals surface area contributed by atoms with Crippen molar-refractivity contribution in [1.82, 2.24) is 19.1 Å². The van der Waals surface area contributed by atoms with E-state index in [4.69, 9.17) is 9.97 Å². The Morgan fingerprint density at radius 2 is 0.880 bits per heavy atom. The monoisotopic (exact) mass is 638 g/mol. The van der Waals surface area contributed by atoms with Gasteiger partial charge in [-0.05, 0) is 65.7 Å². The quantitative estimate of drug-likeness (QED) is 0.188. The first kappa shape index (κ1) is 28.3. The van der Waals surface area contributed by atoms with Gasteiger partial charge < -0.3 is 9.13 Å². The largest absolute Gasteiger partial charge is 0.309 e. The molecule has 0 saturated carbocycles. The summed E-state index contributed by atoms with van der Waals surface area (Å²) in [6.45, 7) is 0. The van der Waals surface area contributed by atoms with Gasteiger partial charge in [0.25, 0.3) is 0 Å². The van der Waals surface area contributed by atoms with E-state index in [0.29, 0.717) is 5.82 Å². The lowest BCUT2D eigenvalue weighted by molar-refractivity contribution is 1.15. The van der Waals surface area contributed by atoms with Crippen LogP contribution in [0.25, 0.3) is 88.9 Å². The molecule has 0 N–H and O–H groups in total. The van der Waals surface area contributed by atoms with Crippen molar-refractivity contribution in [2.75, 3.05) is 0 Å². The molecule has 50 heavy (non-hydrogen) atoms. The van der Waals surface area contributed by atoms with Crippen LogP contribution in [0.1, 0.15) is 0 Å². The molecule has 3 heterocycles. The maximum Gasteiger partial charge on any atom is 0.160 e. The van der Waals surface area contributed by atoms with Crippen LogP contribution < -0.4 is 0 Å². The van der Waals surface area contributed by atoms with Gasteiger partial charge in [0.2, 0.25) is 0 Å². The molecule has 0 radical (unpaired) electrons. The van der Waals surface area contributed by atoms with Crippen molar-refractivity contribution in [3.8, 4) is 45.1 Å². The molecule has 3 aromatic heterocycles. The number of rotatable bonds is 5. The molecular weight excluding hydrogens is 609 g/mol. The number of nitrogens with zero attached hydrogens (tertiary/aromatic N) is 4. The summed E-state index contributed by atoms with van der Waals surface area (Å²) in [6.07, 6.45) is 0. The molecule has 0 saturated heterocycles. The Balaban J connectivity index is 1.18. The highest BCUT2D eigenvalue weighted by molar-refractivity contribution is 6.12. The normalized spacial score (nSPS) is 11.6. The fourth-order valence-electron chi connectivity index (χ4n) is 7.46. The van der Waals surface area contributed by atoms with E-state index in [9.17, 15) is 0 Å². The topological polar surface area (TPSA) is 35.6 Å². The molecular formula is C46H30N4. The maximum absolute atomic E-state index is 5.35. The molecule has 0 spiro atoms. The van der Waals surface area contributed by atoms with E-state index in [0.717, 1.165) is 61.3 Å². The van der Waals surface area contributed by atoms with Crippen LogP contribution >= 0.6 is 0 Å². The van der Waals surface area contributed by atoms with Crippen molar-refractivity contribution in [3.05, 3.63) is 182 Å². The Kier molecular flexibility index (Phi) is 6.46. The zero-order valence-electron chi connectivity index (χ0n) is 27.1. The fourth-order valence-corrected chi connectivity index (χ4v) is 7.46. The van der Waals surface area contributed by atoms with E-state index >= 15 is 0 Å². The van der Waals surface area contributed by atoms with Gasteiger partial charge in [0, 0.05) is 38.7 Å². The van der Waals surface area contributed by atoms with Crippen molar-refractivity contribution in [3.63, 3.8) is 0 Å². The molecule has 0 unspecified atom stereocenters. The first-order chi connectivity index (χ1) is 24.8. The lowest BCUT2D eigenvalue weighted by Gasteiger charge is -2.12. The molecule has 7 aromatic carbocycles. The van der Waals surface area contributed by atoms with E-state index in [1.54, 1.807) is 0 Å². The lowest BCUT2D eigenvalue weighted by Crippen LogP contribution is -1.99. The van der Waals surface area contributed by atoms with Crippen molar-refractivity contribution in [1.29, 1.82) is 0 Å². The molecule has 10 aromatic rings. The van der Waals surface area contributed by atoms with Crippen molar-refractivity contribution >= 4 is 43.7 Å². The summed E-state index contributed by atoms with van der Waals surface area (Å²) in [5, 5.41) is 3.56. The maximum atomic E-state index is 5.35. The minimum absolute atomic E-state index is 0.705. The van der Waals surface area contributed by atoms with Crippen LogP contribution in [-0.2, 0) is 0 Å². The van der Waals surface area contributed by atoms with Crippen LogP contribution in [0.15, 0.2) is 182 Å². The number of aromatic nitrogens is 4. The Hall–Kier alpha value is -6.78. The summed E-state index contributed by atoms with van der Waals surface area (Å²) in [7, 11) is 0. The molecule has 0 atom stereocenters. The summed E-state index contributed by atoms with van der Waals surface area (Å²) < 4.78 is 4.65. The molecule has 0 amide bonds. The predicted octanol–water partition coefficient (Wildman–Crippen LogP) is 11.7. The number of para-hydroxylation sites is 4. The molecule has 4 nitrogen and oxygen atoms in total. The van der Waals surface area contributed by atoms with Crippen LogP contribution in [-0.4, -0.2) is 19.1 Å². The van der Waals surface area contributed by atoms with E-state index in [-0.39, 0.29) is 0 Å². The lowest BCUT2D eigenvalue weighted by atomic mass is 10.0. The van der Waals surface area contributed by atoms with E-state index in [1.807, 2.05) is 6.07 Å². The van der Waals surface area contributed by atoms with E-state index in [2.05, 4.69) is 185 Å². The average molecular weight is 639 g/mol. The van der Waals surface area contributed by atoms with Crippen molar-refractivity contribution in [2.45, 2.75) is 0 Å². The second-order valence-corrected chi connectivity index (χ2v) is 12.6. The Bertz CT molecular complexity index is 2850. The number of benzene rings is 7. The van der Waals surface area contributed by atoms with E-state index in [1.165, 1.54) is 21.8 Å². The number of hydrogen-bond donors (Lipinski definition) is 0. The van der Waals surface area contributed by atoms with Gasteiger partial charge in [-0.3, -0.25) is 0 Å².